The first-order chi connectivity index (χ1) is 16.0. The molecule has 3 aromatic rings. The summed E-state index contributed by atoms with van der Waals surface area (Å²) in [5.74, 6) is 0.238. The van der Waals surface area contributed by atoms with Crippen molar-refractivity contribution in [3.63, 3.8) is 0 Å². The van der Waals surface area contributed by atoms with Crippen molar-refractivity contribution in [1.82, 2.24) is 14.2 Å². The fraction of sp³-hybridized carbons (Fsp3) is 0.400. The van der Waals surface area contributed by atoms with E-state index in [0.29, 0.717) is 34.8 Å². The van der Waals surface area contributed by atoms with E-state index >= 15 is 0 Å². The third-order valence-electron chi connectivity index (χ3n) is 7.04. The molecule has 3 saturated heterocycles. The molecule has 2 bridgehead atoms. The van der Waals surface area contributed by atoms with Gasteiger partial charge >= 0.3 is 5.97 Å². The number of benzene rings is 2. The van der Waals surface area contributed by atoms with Gasteiger partial charge < -0.3 is 15.0 Å². The summed E-state index contributed by atoms with van der Waals surface area (Å²) >= 11 is 0. The first-order valence-electron chi connectivity index (χ1n) is 11.5. The number of hydrogen-bond donors (Lipinski definition) is 1. The van der Waals surface area contributed by atoms with Gasteiger partial charge in [0, 0.05) is 24.2 Å². The predicted molar refractivity (Wildman–Crippen MR) is 127 cm³/mol. The first-order valence-corrected chi connectivity index (χ1v) is 12.9. The molecule has 0 radical (unpaired) electrons. The van der Waals surface area contributed by atoms with Crippen molar-refractivity contribution in [2.45, 2.75) is 30.2 Å². The molecule has 3 aliphatic heterocycles. The highest BCUT2D eigenvalue weighted by Crippen LogP contribution is 2.30. The van der Waals surface area contributed by atoms with Gasteiger partial charge in [-0.2, -0.15) is 0 Å². The van der Waals surface area contributed by atoms with Gasteiger partial charge in [-0.15, -0.1) is 0 Å². The van der Waals surface area contributed by atoms with Crippen LogP contribution in [0.25, 0.3) is 10.9 Å². The van der Waals surface area contributed by atoms with E-state index in [1.807, 2.05) is 0 Å². The number of carbonyl (C=O) groups excluding carboxylic acids is 1. The molecule has 174 valence electrons. The molecular formula is C25H29N3O4S. The minimum atomic E-state index is -3.81. The third kappa shape index (κ3) is 4.07. The molecule has 4 heterocycles. The number of rotatable bonds is 7. The molecule has 0 amide bonds. The lowest BCUT2D eigenvalue weighted by Gasteiger charge is -2.45. The lowest BCUT2D eigenvalue weighted by atomic mass is 9.84. The lowest BCUT2D eigenvalue weighted by Crippen LogP contribution is -2.56. The Morgan fingerprint density at radius 2 is 1.85 bits per heavy atom. The standard InChI is InChI=1S/C25H29N3O4S/c1-32-25(29)21-8-5-9-23-24(21)19(10-13-26-22-17-27-14-11-18(22)12-15-27)16-28(23)33(30,31)20-6-3-2-4-7-20/h2-9,16,18,22,26H,10-15,17H2,1H3. The molecule has 6 rings (SSSR count). The molecule has 3 aliphatic rings. The second-order valence-corrected chi connectivity index (χ2v) is 10.7. The van der Waals surface area contributed by atoms with E-state index in [1.54, 1.807) is 54.7 Å². The van der Waals surface area contributed by atoms with Crippen molar-refractivity contribution in [3.05, 3.63) is 65.9 Å². The molecule has 2 aromatic carbocycles. The van der Waals surface area contributed by atoms with Crippen LogP contribution < -0.4 is 5.32 Å². The largest absolute Gasteiger partial charge is 0.465 e. The van der Waals surface area contributed by atoms with Crippen molar-refractivity contribution in [3.8, 4) is 0 Å². The third-order valence-corrected chi connectivity index (χ3v) is 8.72. The summed E-state index contributed by atoms with van der Waals surface area (Å²) in [7, 11) is -2.47. The van der Waals surface area contributed by atoms with Crippen LogP contribution in [0.4, 0.5) is 0 Å². The Labute approximate surface area is 194 Å². The second-order valence-electron chi connectivity index (χ2n) is 8.91. The monoisotopic (exact) mass is 467 g/mol. The maximum atomic E-state index is 13.4. The van der Waals surface area contributed by atoms with Crippen molar-refractivity contribution in [2.75, 3.05) is 33.3 Å². The smallest absolute Gasteiger partial charge is 0.338 e. The van der Waals surface area contributed by atoms with Crippen LogP contribution in [-0.2, 0) is 21.2 Å². The Kier molecular flexibility index (Phi) is 5.99. The van der Waals surface area contributed by atoms with Crippen LogP contribution in [0.3, 0.4) is 0 Å². The molecule has 8 heteroatoms. The SMILES string of the molecule is COC(=O)c1cccc2c1c(CCNC1CN3CCC1CC3)cn2S(=O)(=O)c1ccccc1. The van der Waals surface area contributed by atoms with Gasteiger partial charge in [0.15, 0.2) is 0 Å². The zero-order chi connectivity index (χ0) is 23.0. The Bertz CT molecular complexity index is 1260. The van der Waals surface area contributed by atoms with Gasteiger partial charge in [-0.25, -0.2) is 17.2 Å². The maximum absolute atomic E-state index is 13.4. The molecule has 0 aliphatic carbocycles. The molecule has 1 aromatic heterocycles. The number of esters is 1. The fourth-order valence-corrected chi connectivity index (χ4v) is 6.71. The number of ether oxygens (including phenoxy) is 1. The van der Waals surface area contributed by atoms with Crippen molar-refractivity contribution < 1.29 is 17.9 Å². The topological polar surface area (TPSA) is 80.6 Å². The molecule has 1 N–H and O–H groups in total. The highest BCUT2D eigenvalue weighted by molar-refractivity contribution is 7.90. The van der Waals surface area contributed by atoms with Gasteiger partial charge in [-0.3, -0.25) is 0 Å². The van der Waals surface area contributed by atoms with Gasteiger partial charge in [-0.05, 0) is 74.6 Å². The predicted octanol–water partition coefficient (Wildman–Crippen LogP) is 2.89. The Morgan fingerprint density at radius 3 is 2.52 bits per heavy atom. The Balaban J connectivity index is 1.50. The number of carbonyl (C=O) groups is 1. The van der Waals surface area contributed by atoms with Crippen LogP contribution >= 0.6 is 0 Å². The van der Waals surface area contributed by atoms with Gasteiger partial charge in [0.05, 0.1) is 23.1 Å². The molecule has 7 nitrogen and oxygen atoms in total. The number of methoxy groups -OCH3 is 1. The average Bonchev–Trinajstić information content (AvgIpc) is 3.24. The van der Waals surface area contributed by atoms with Crippen LogP contribution in [0.5, 0.6) is 0 Å². The molecule has 0 spiro atoms. The van der Waals surface area contributed by atoms with Gasteiger partial charge in [0.2, 0.25) is 0 Å². The van der Waals surface area contributed by atoms with Gasteiger partial charge in [0.25, 0.3) is 10.0 Å². The summed E-state index contributed by atoms with van der Waals surface area (Å²) in [6.45, 7) is 4.17. The van der Waals surface area contributed by atoms with Crippen molar-refractivity contribution in [1.29, 1.82) is 0 Å². The number of nitrogens with zero attached hydrogens (tertiary/aromatic N) is 2. The Hall–Kier alpha value is -2.68. The second kappa shape index (κ2) is 8.93. The van der Waals surface area contributed by atoms with Crippen LogP contribution in [0.1, 0.15) is 28.8 Å². The minimum absolute atomic E-state index is 0.210. The van der Waals surface area contributed by atoms with Crippen LogP contribution in [-0.4, -0.2) is 62.6 Å². The minimum Gasteiger partial charge on any atom is -0.465 e. The molecule has 33 heavy (non-hydrogen) atoms. The Morgan fingerprint density at radius 1 is 1.09 bits per heavy atom. The van der Waals surface area contributed by atoms with E-state index in [0.717, 1.165) is 18.7 Å². The normalized spacial score (nSPS) is 22.5. The fourth-order valence-electron chi connectivity index (χ4n) is 5.30. The molecule has 1 unspecified atom stereocenters. The summed E-state index contributed by atoms with van der Waals surface area (Å²) in [5.41, 5.74) is 1.69. The van der Waals surface area contributed by atoms with Crippen molar-refractivity contribution >= 4 is 26.9 Å². The highest BCUT2D eigenvalue weighted by Gasteiger charge is 2.33. The van der Waals surface area contributed by atoms with E-state index in [2.05, 4.69) is 10.2 Å². The lowest BCUT2D eigenvalue weighted by molar-refractivity contribution is 0.0603. The van der Waals surface area contributed by atoms with Crippen LogP contribution in [0.2, 0.25) is 0 Å². The van der Waals surface area contributed by atoms with Gasteiger partial charge in [-0.1, -0.05) is 24.3 Å². The molecule has 3 fully saturated rings. The number of nitrogens with one attached hydrogen (secondary N) is 1. The molecular weight excluding hydrogens is 438 g/mol. The van der Waals surface area contributed by atoms with Crippen molar-refractivity contribution in [2.24, 2.45) is 5.92 Å². The van der Waals surface area contributed by atoms with E-state index in [1.165, 1.54) is 37.0 Å². The maximum Gasteiger partial charge on any atom is 0.338 e. The van der Waals surface area contributed by atoms with Gasteiger partial charge in [0.1, 0.15) is 0 Å². The quantitative estimate of drug-likeness (QED) is 0.538. The highest BCUT2D eigenvalue weighted by atomic mass is 32.2. The molecule has 0 saturated carbocycles. The van der Waals surface area contributed by atoms with E-state index < -0.39 is 16.0 Å². The number of hydrogen-bond acceptors (Lipinski definition) is 6. The van der Waals surface area contributed by atoms with Crippen LogP contribution in [0.15, 0.2) is 59.6 Å². The number of piperidine rings is 3. The number of aromatic nitrogens is 1. The van der Waals surface area contributed by atoms with Crippen LogP contribution in [0, 0.1) is 5.92 Å². The summed E-state index contributed by atoms with van der Waals surface area (Å²) in [6.07, 6.45) is 4.75. The summed E-state index contributed by atoms with van der Waals surface area (Å²) in [5, 5.41) is 4.33. The van der Waals surface area contributed by atoms with E-state index in [4.69, 9.17) is 4.74 Å². The first kappa shape index (κ1) is 22.1. The van der Waals surface area contributed by atoms with E-state index in [-0.39, 0.29) is 4.90 Å². The number of fused-ring (bicyclic) bond motifs is 4. The summed E-state index contributed by atoms with van der Waals surface area (Å²) in [6, 6.07) is 14.0. The zero-order valence-corrected chi connectivity index (χ0v) is 19.6. The molecule has 1 atom stereocenters. The van der Waals surface area contributed by atoms with E-state index in [9.17, 15) is 13.2 Å². The zero-order valence-electron chi connectivity index (χ0n) is 18.7. The summed E-state index contributed by atoms with van der Waals surface area (Å²) in [4.78, 5) is 15.2. The average molecular weight is 468 g/mol. The summed E-state index contributed by atoms with van der Waals surface area (Å²) < 4.78 is 33.2.